The fourth-order valence-electron chi connectivity index (χ4n) is 3.58. The van der Waals surface area contributed by atoms with Crippen molar-refractivity contribution in [3.05, 3.63) is 58.9 Å². The zero-order valence-electron chi connectivity index (χ0n) is 16.3. The van der Waals surface area contributed by atoms with Crippen molar-refractivity contribution in [1.29, 1.82) is 0 Å². The third-order valence-corrected chi connectivity index (χ3v) is 6.51. The van der Waals surface area contributed by atoms with Crippen LogP contribution >= 0.6 is 23.4 Å². The van der Waals surface area contributed by atoms with Gasteiger partial charge in [0.15, 0.2) is 11.0 Å². The van der Waals surface area contributed by atoms with E-state index in [1.165, 1.54) is 30.7 Å². The van der Waals surface area contributed by atoms with Crippen LogP contribution in [0.1, 0.15) is 38.2 Å². The number of benzene rings is 2. The van der Waals surface area contributed by atoms with Crippen LogP contribution in [0.4, 0.5) is 4.39 Å². The number of nitrogens with zero attached hydrogens (tertiary/aromatic N) is 3. The van der Waals surface area contributed by atoms with Crippen molar-refractivity contribution >= 4 is 23.4 Å². The molecule has 0 radical (unpaired) electrons. The third-order valence-electron chi connectivity index (χ3n) is 5.16. The summed E-state index contributed by atoms with van der Waals surface area (Å²) < 4.78 is 22.1. The van der Waals surface area contributed by atoms with Crippen LogP contribution in [0, 0.1) is 5.82 Å². The molecule has 4 nitrogen and oxygen atoms in total. The predicted octanol–water partition coefficient (Wildman–Crippen LogP) is 6.37. The van der Waals surface area contributed by atoms with Crippen LogP contribution in [0.15, 0.2) is 47.6 Å². The molecule has 1 saturated carbocycles. The maximum Gasteiger partial charge on any atom is 0.191 e. The Labute approximate surface area is 179 Å². The summed E-state index contributed by atoms with van der Waals surface area (Å²) in [5, 5.41) is 9.87. The summed E-state index contributed by atoms with van der Waals surface area (Å²) in [5.74, 6) is 1.79. The van der Waals surface area contributed by atoms with Crippen LogP contribution in [0.3, 0.4) is 0 Å². The third kappa shape index (κ3) is 4.59. The first-order chi connectivity index (χ1) is 14.2. The van der Waals surface area contributed by atoms with Gasteiger partial charge in [-0.1, -0.05) is 29.4 Å². The lowest BCUT2D eigenvalue weighted by molar-refractivity contribution is 0.210. The second kappa shape index (κ2) is 9.18. The van der Waals surface area contributed by atoms with Gasteiger partial charge >= 0.3 is 0 Å². The van der Waals surface area contributed by atoms with Crippen LogP contribution in [0.5, 0.6) is 5.75 Å². The van der Waals surface area contributed by atoms with Gasteiger partial charge in [0.1, 0.15) is 11.6 Å². The first-order valence-electron chi connectivity index (χ1n) is 9.91. The topological polar surface area (TPSA) is 39.9 Å². The molecule has 1 aromatic heterocycles. The second-order valence-corrected chi connectivity index (χ2v) is 8.44. The van der Waals surface area contributed by atoms with Crippen molar-refractivity contribution in [2.75, 3.05) is 0 Å². The fraction of sp³-hybridized carbons (Fsp3) is 0.364. The maximum absolute atomic E-state index is 14.0. The lowest BCUT2D eigenvalue weighted by Crippen LogP contribution is -2.10. The molecule has 0 atom stereocenters. The van der Waals surface area contributed by atoms with Gasteiger partial charge in [-0.3, -0.25) is 0 Å². The Kier molecular flexibility index (Phi) is 6.40. The van der Waals surface area contributed by atoms with Crippen molar-refractivity contribution in [1.82, 2.24) is 14.8 Å². The first kappa shape index (κ1) is 20.2. The molecule has 29 heavy (non-hydrogen) atoms. The van der Waals surface area contributed by atoms with E-state index in [4.69, 9.17) is 16.3 Å². The van der Waals surface area contributed by atoms with Crippen molar-refractivity contribution in [2.24, 2.45) is 0 Å². The summed E-state index contributed by atoms with van der Waals surface area (Å²) in [6.45, 7) is 2.76. The lowest BCUT2D eigenvalue weighted by Gasteiger charge is -2.13. The molecule has 0 amide bonds. The highest BCUT2D eigenvalue weighted by atomic mass is 35.5. The predicted molar refractivity (Wildman–Crippen MR) is 115 cm³/mol. The molecule has 0 unspecified atom stereocenters. The average Bonchev–Trinajstić information content (AvgIpc) is 3.38. The number of halogens is 2. The van der Waals surface area contributed by atoms with Crippen LogP contribution in [0.25, 0.3) is 11.4 Å². The van der Waals surface area contributed by atoms with Crippen molar-refractivity contribution in [3.8, 4) is 17.1 Å². The molecular weight excluding hydrogens is 409 g/mol. The van der Waals surface area contributed by atoms with E-state index in [1.807, 2.05) is 35.8 Å². The Bertz CT molecular complexity index is 950. The van der Waals surface area contributed by atoms with Crippen molar-refractivity contribution in [2.45, 2.75) is 56.2 Å². The molecule has 3 aromatic rings. The van der Waals surface area contributed by atoms with Gasteiger partial charge in [-0.25, -0.2) is 4.39 Å². The molecule has 0 aliphatic heterocycles. The number of hydrogen-bond acceptors (Lipinski definition) is 4. The summed E-state index contributed by atoms with van der Waals surface area (Å²) in [4.78, 5) is 0. The maximum atomic E-state index is 14.0. The van der Waals surface area contributed by atoms with Gasteiger partial charge in [-0.05, 0) is 69.0 Å². The molecule has 4 rings (SSSR count). The standard InChI is InChI=1S/C22H23ClFN3OS/c1-2-27-21(15-10-12-17(13-11-15)28-16-6-3-4-7-16)25-26-22(27)29-14-18-19(23)8-5-9-20(18)24/h5,8-13,16H,2-4,6-7,14H2,1H3. The molecule has 0 bridgehead atoms. The van der Waals surface area contributed by atoms with Gasteiger partial charge in [-0.2, -0.15) is 0 Å². The number of hydrogen-bond donors (Lipinski definition) is 0. The van der Waals surface area contributed by atoms with Crippen LogP contribution < -0.4 is 4.74 Å². The Morgan fingerprint density at radius 1 is 1.14 bits per heavy atom. The zero-order chi connectivity index (χ0) is 20.2. The molecule has 152 valence electrons. The molecule has 0 saturated heterocycles. The lowest BCUT2D eigenvalue weighted by atomic mass is 10.2. The van der Waals surface area contributed by atoms with Crippen LogP contribution in [-0.4, -0.2) is 20.9 Å². The second-order valence-electron chi connectivity index (χ2n) is 7.09. The smallest absolute Gasteiger partial charge is 0.191 e. The number of aromatic nitrogens is 3. The Morgan fingerprint density at radius 3 is 2.59 bits per heavy atom. The highest BCUT2D eigenvalue weighted by Crippen LogP contribution is 2.31. The van der Waals surface area contributed by atoms with E-state index >= 15 is 0 Å². The number of thioether (sulfide) groups is 1. The number of rotatable bonds is 7. The van der Waals surface area contributed by atoms with Gasteiger partial charge in [0.2, 0.25) is 0 Å². The van der Waals surface area contributed by atoms with E-state index in [0.29, 0.717) is 22.4 Å². The fourth-order valence-corrected chi connectivity index (χ4v) is 4.93. The molecule has 1 aliphatic rings. The van der Waals surface area contributed by atoms with E-state index in [9.17, 15) is 4.39 Å². The first-order valence-corrected chi connectivity index (χ1v) is 11.3. The summed E-state index contributed by atoms with van der Waals surface area (Å²) in [6.07, 6.45) is 5.12. The summed E-state index contributed by atoms with van der Waals surface area (Å²) in [6, 6.07) is 12.8. The van der Waals surface area contributed by atoms with Crippen LogP contribution in [-0.2, 0) is 12.3 Å². The van der Waals surface area contributed by atoms with Gasteiger partial charge in [0.25, 0.3) is 0 Å². The molecular formula is C22H23ClFN3OS. The minimum absolute atomic E-state index is 0.300. The van der Waals surface area contributed by atoms with Gasteiger partial charge in [0, 0.05) is 28.4 Å². The zero-order valence-corrected chi connectivity index (χ0v) is 17.8. The molecule has 1 aliphatic carbocycles. The van der Waals surface area contributed by atoms with Crippen molar-refractivity contribution < 1.29 is 9.13 Å². The Balaban J connectivity index is 1.49. The molecule has 1 fully saturated rings. The molecule has 7 heteroatoms. The van der Waals surface area contributed by atoms with Gasteiger partial charge in [-0.15, -0.1) is 10.2 Å². The number of ether oxygens (including phenoxy) is 1. The van der Waals surface area contributed by atoms with E-state index in [1.54, 1.807) is 12.1 Å². The SMILES string of the molecule is CCn1c(SCc2c(F)cccc2Cl)nnc1-c1ccc(OC2CCCC2)cc1. The van der Waals surface area contributed by atoms with Gasteiger partial charge in [0.05, 0.1) is 6.10 Å². The monoisotopic (exact) mass is 431 g/mol. The summed E-state index contributed by atoms with van der Waals surface area (Å²) >= 11 is 7.57. The molecule has 1 heterocycles. The molecule has 0 N–H and O–H groups in total. The quantitative estimate of drug-likeness (QED) is 0.407. The summed E-state index contributed by atoms with van der Waals surface area (Å²) in [7, 11) is 0. The highest BCUT2D eigenvalue weighted by Gasteiger charge is 2.18. The Hall–Kier alpha value is -2.05. The van der Waals surface area contributed by atoms with E-state index in [0.717, 1.165) is 41.7 Å². The normalized spacial score (nSPS) is 14.4. The average molecular weight is 432 g/mol. The largest absolute Gasteiger partial charge is 0.490 e. The van der Waals surface area contributed by atoms with Crippen molar-refractivity contribution in [3.63, 3.8) is 0 Å². The molecule has 2 aromatic carbocycles. The summed E-state index contributed by atoms with van der Waals surface area (Å²) in [5.41, 5.74) is 1.47. The molecule has 0 spiro atoms. The van der Waals surface area contributed by atoms with Crippen LogP contribution in [0.2, 0.25) is 5.02 Å². The highest BCUT2D eigenvalue weighted by molar-refractivity contribution is 7.98. The minimum atomic E-state index is -0.300. The van der Waals surface area contributed by atoms with Gasteiger partial charge < -0.3 is 9.30 Å². The van der Waals surface area contributed by atoms with E-state index in [-0.39, 0.29) is 5.82 Å². The Morgan fingerprint density at radius 2 is 1.90 bits per heavy atom. The minimum Gasteiger partial charge on any atom is -0.490 e. The van der Waals surface area contributed by atoms with E-state index in [2.05, 4.69) is 10.2 Å². The van der Waals surface area contributed by atoms with E-state index < -0.39 is 0 Å².